The molecule has 0 amide bonds. The number of carbonyl (C=O) groups is 1. The van der Waals surface area contributed by atoms with E-state index in [1.807, 2.05) is 0 Å². The quantitative estimate of drug-likeness (QED) is 0.538. The summed E-state index contributed by atoms with van der Waals surface area (Å²) in [5.41, 5.74) is -1.86. The van der Waals surface area contributed by atoms with Gasteiger partial charge in [-0.2, -0.15) is 13.2 Å². The van der Waals surface area contributed by atoms with Gasteiger partial charge in [-0.15, -0.1) is 0 Å². The molecule has 0 unspecified atom stereocenters. The van der Waals surface area contributed by atoms with Gasteiger partial charge < -0.3 is 9.67 Å². The first kappa shape index (κ1) is 22.5. The first-order valence-electron chi connectivity index (χ1n) is 9.06. The topological polar surface area (TPSA) is 76.4 Å². The largest absolute Gasteiger partial charge is 0.478 e. The average Bonchev–Trinajstić information content (AvgIpc) is 3.22. The molecule has 0 aliphatic heterocycles. The molecule has 0 fully saturated rings. The molecule has 3 aromatic rings. The zero-order valence-corrected chi connectivity index (χ0v) is 17.0. The second kappa shape index (κ2) is 8.18. The Hall–Kier alpha value is -3.14. The fourth-order valence-electron chi connectivity index (χ4n) is 3.23. The van der Waals surface area contributed by atoms with Crippen molar-refractivity contribution in [2.45, 2.75) is 30.2 Å². The second-order valence-electron chi connectivity index (χ2n) is 6.79. The number of benzene rings is 2. The Labute approximate surface area is 175 Å². The number of alkyl halides is 3. The molecule has 0 aliphatic rings. The van der Waals surface area contributed by atoms with Crippen LogP contribution < -0.4 is 0 Å². The van der Waals surface area contributed by atoms with E-state index in [0.717, 1.165) is 6.07 Å². The lowest BCUT2D eigenvalue weighted by Gasteiger charge is -2.17. The van der Waals surface area contributed by atoms with Gasteiger partial charge >= 0.3 is 12.1 Å². The van der Waals surface area contributed by atoms with Gasteiger partial charge in [0.05, 0.1) is 27.5 Å². The summed E-state index contributed by atoms with van der Waals surface area (Å²) in [5, 5.41) is 9.19. The lowest BCUT2D eigenvalue weighted by Crippen LogP contribution is -2.15. The Morgan fingerprint density at radius 2 is 1.71 bits per heavy atom. The minimum atomic E-state index is -5.02. The number of carboxylic acids is 1. The van der Waals surface area contributed by atoms with Crippen molar-refractivity contribution in [3.63, 3.8) is 0 Å². The molecule has 164 valence electrons. The minimum Gasteiger partial charge on any atom is -0.478 e. The zero-order chi connectivity index (χ0) is 23.0. The van der Waals surface area contributed by atoms with Crippen LogP contribution in [0.4, 0.5) is 17.6 Å². The van der Waals surface area contributed by atoms with Crippen LogP contribution in [0.3, 0.4) is 0 Å². The van der Waals surface area contributed by atoms with Crippen LogP contribution in [0.2, 0.25) is 0 Å². The van der Waals surface area contributed by atoms with E-state index >= 15 is 0 Å². The fraction of sp³-hybridized carbons (Fsp3) is 0.190. The number of aryl methyl sites for hydroxylation is 1. The maximum absolute atomic E-state index is 14.2. The van der Waals surface area contributed by atoms with Crippen molar-refractivity contribution in [3.8, 4) is 5.69 Å². The molecule has 0 atom stereocenters. The maximum atomic E-state index is 14.2. The highest BCUT2D eigenvalue weighted by molar-refractivity contribution is 7.90. The molecule has 0 spiro atoms. The summed E-state index contributed by atoms with van der Waals surface area (Å²) in [6.45, 7) is 1.67. The van der Waals surface area contributed by atoms with Crippen LogP contribution in [0.1, 0.15) is 34.0 Å². The molecule has 1 N–H and O–H groups in total. The number of sulfone groups is 1. The van der Waals surface area contributed by atoms with Gasteiger partial charge in [0.2, 0.25) is 0 Å². The summed E-state index contributed by atoms with van der Waals surface area (Å²) in [4.78, 5) is 11.0. The van der Waals surface area contributed by atoms with Crippen molar-refractivity contribution in [2.24, 2.45) is 0 Å². The van der Waals surface area contributed by atoms with Crippen LogP contribution in [0.25, 0.3) is 5.69 Å². The van der Waals surface area contributed by atoms with E-state index in [2.05, 4.69) is 0 Å². The van der Waals surface area contributed by atoms with Gasteiger partial charge in [0.1, 0.15) is 5.82 Å². The molecule has 2 aromatic carbocycles. The Morgan fingerprint density at radius 3 is 2.26 bits per heavy atom. The number of carboxylic acid groups (broad SMARTS) is 1. The average molecular weight is 455 g/mol. The van der Waals surface area contributed by atoms with E-state index in [-0.39, 0.29) is 28.1 Å². The molecule has 3 rings (SSSR count). The number of aromatic nitrogens is 1. The molecule has 0 saturated carbocycles. The summed E-state index contributed by atoms with van der Waals surface area (Å²) < 4.78 is 81.6. The third kappa shape index (κ3) is 4.63. The molecule has 10 heteroatoms. The normalized spacial score (nSPS) is 12.2. The molecule has 5 nitrogen and oxygen atoms in total. The van der Waals surface area contributed by atoms with Gasteiger partial charge in [-0.25, -0.2) is 17.6 Å². The van der Waals surface area contributed by atoms with E-state index in [0.29, 0.717) is 17.7 Å². The molecule has 31 heavy (non-hydrogen) atoms. The van der Waals surface area contributed by atoms with Crippen molar-refractivity contribution in [1.29, 1.82) is 0 Å². The van der Waals surface area contributed by atoms with Gasteiger partial charge in [-0.1, -0.05) is 13.0 Å². The smallest absolute Gasteiger partial charge is 0.419 e. The summed E-state index contributed by atoms with van der Waals surface area (Å²) in [5.74, 6) is -3.74. The highest BCUT2D eigenvalue weighted by Crippen LogP contribution is 2.35. The van der Waals surface area contributed by atoms with E-state index in [1.165, 1.54) is 29.1 Å². The van der Waals surface area contributed by atoms with Gasteiger partial charge in [0.15, 0.2) is 9.84 Å². The van der Waals surface area contributed by atoms with Gasteiger partial charge in [-0.05, 0) is 53.9 Å². The summed E-state index contributed by atoms with van der Waals surface area (Å²) in [7, 11) is -4.27. The van der Waals surface area contributed by atoms with Crippen molar-refractivity contribution in [2.75, 3.05) is 0 Å². The lowest BCUT2D eigenvalue weighted by molar-refractivity contribution is -0.140. The highest BCUT2D eigenvalue weighted by Gasteiger charge is 2.36. The van der Waals surface area contributed by atoms with Crippen LogP contribution in [-0.4, -0.2) is 24.1 Å². The van der Waals surface area contributed by atoms with Gasteiger partial charge in [-0.3, -0.25) is 0 Å². The van der Waals surface area contributed by atoms with Crippen LogP contribution in [0.15, 0.2) is 59.8 Å². The summed E-state index contributed by atoms with van der Waals surface area (Å²) in [6, 6.07) is 7.83. The molecular weight excluding hydrogens is 438 g/mol. The molecular formula is C21H17F4NO4S. The number of halogens is 4. The van der Waals surface area contributed by atoms with Crippen LogP contribution >= 0.6 is 0 Å². The molecule has 0 bridgehead atoms. The van der Waals surface area contributed by atoms with E-state index < -0.39 is 39.1 Å². The predicted molar refractivity (Wildman–Crippen MR) is 104 cm³/mol. The monoisotopic (exact) mass is 455 g/mol. The summed E-state index contributed by atoms with van der Waals surface area (Å²) in [6.07, 6.45) is -1.87. The molecule has 1 heterocycles. The summed E-state index contributed by atoms with van der Waals surface area (Å²) >= 11 is 0. The highest BCUT2D eigenvalue weighted by atomic mass is 32.2. The molecule has 0 aliphatic carbocycles. The van der Waals surface area contributed by atoms with Crippen molar-refractivity contribution in [1.82, 2.24) is 4.57 Å². The molecule has 1 aromatic heterocycles. The Balaban J connectivity index is 2.19. The first-order valence-corrected chi connectivity index (χ1v) is 10.7. The fourth-order valence-corrected chi connectivity index (χ4v) is 4.94. The SMILES string of the molecule is CCc1ccc(C(=O)O)cc1S(=O)(=O)Cc1cc(C(F)(F)F)c(F)cc1-n1cccc1. The Morgan fingerprint density at radius 1 is 1.06 bits per heavy atom. The Bertz CT molecular complexity index is 1230. The maximum Gasteiger partial charge on any atom is 0.419 e. The number of hydrogen-bond donors (Lipinski definition) is 1. The van der Waals surface area contributed by atoms with E-state index in [4.69, 9.17) is 0 Å². The number of aromatic carboxylic acids is 1. The number of nitrogens with zero attached hydrogens (tertiary/aromatic N) is 1. The van der Waals surface area contributed by atoms with Crippen molar-refractivity contribution >= 4 is 15.8 Å². The van der Waals surface area contributed by atoms with Crippen LogP contribution in [0, 0.1) is 5.82 Å². The van der Waals surface area contributed by atoms with Crippen LogP contribution in [0.5, 0.6) is 0 Å². The first-order chi connectivity index (χ1) is 14.4. The molecule has 0 radical (unpaired) electrons. The number of rotatable bonds is 6. The predicted octanol–water partition coefficient (Wildman–Crippen LogP) is 4.87. The number of hydrogen-bond acceptors (Lipinski definition) is 3. The lowest BCUT2D eigenvalue weighted by atomic mass is 10.1. The van der Waals surface area contributed by atoms with Crippen LogP contribution in [-0.2, 0) is 28.2 Å². The van der Waals surface area contributed by atoms with E-state index in [1.54, 1.807) is 19.1 Å². The third-order valence-corrected chi connectivity index (χ3v) is 6.47. The Kier molecular flexibility index (Phi) is 5.95. The second-order valence-corrected chi connectivity index (χ2v) is 8.75. The van der Waals surface area contributed by atoms with Crippen molar-refractivity contribution < 1.29 is 35.9 Å². The minimum absolute atomic E-state index is 0.0634. The zero-order valence-electron chi connectivity index (χ0n) is 16.1. The van der Waals surface area contributed by atoms with Crippen molar-refractivity contribution in [3.05, 3.63) is 82.9 Å². The van der Waals surface area contributed by atoms with E-state index in [9.17, 15) is 35.9 Å². The molecule has 0 saturated heterocycles. The van der Waals surface area contributed by atoms with Gasteiger partial charge in [0.25, 0.3) is 0 Å². The standard InChI is InChI=1S/C21H17F4NO4S/c1-2-13-5-6-14(20(27)28)10-19(13)31(29,30)12-15-9-16(21(23,24)25)17(22)11-18(15)26-7-3-4-8-26/h3-11H,2,12H2,1H3,(H,27,28). The third-order valence-electron chi connectivity index (χ3n) is 4.73. The van der Waals surface area contributed by atoms with Gasteiger partial charge in [0, 0.05) is 12.4 Å².